The standard InChI is InChI=1S/C9H13NO3/c1-4-8(9(11)12)7(2)5-6-10-13-3/h4-6,10H,1H2,2-3H3,(H,11,12)/b6-5+,8-7+. The summed E-state index contributed by atoms with van der Waals surface area (Å²) in [6.07, 6.45) is 4.39. The molecule has 2 N–H and O–H groups in total. The van der Waals surface area contributed by atoms with Crippen LogP contribution in [0.25, 0.3) is 0 Å². The average Bonchev–Trinajstić information content (AvgIpc) is 2.05. The topological polar surface area (TPSA) is 58.6 Å². The average molecular weight is 183 g/mol. The van der Waals surface area contributed by atoms with Crippen LogP contribution in [-0.2, 0) is 9.63 Å². The van der Waals surface area contributed by atoms with Gasteiger partial charge in [0.1, 0.15) is 0 Å². The summed E-state index contributed by atoms with van der Waals surface area (Å²) in [6, 6.07) is 0. The van der Waals surface area contributed by atoms with E-state index in [1.165, 1.54) is 19.4 Å². The van der Waals surface area contributed by atoms with Crippen LogP contribution in [0, 0.1) is 0 Å². The minimum atomic E-state index is -0.991. The number of nitrogens with one attached hydrogen (secondary N) is 1. The molecule has 0 aromatic rings. The van der Waals surface area contributed by atoms with Crippen LogP contribution in [0.1, 0.15) is 6.92 Å². The zero-order valence-corrected chi connectivity index (χ0v) is 7.70. The van der Waals surface area contributed by atoms with Crippen molar-refractivity contribution in [3.63, 3.8) is 0 Å². The van der Waals surface area contributed by atoms with E-state index in [4.69, 9.17) is 5.11 Å². The molecular formula is C9H13NO3. The molecule has 0 atom stereocenters. The summed E-state index contributed by atoms with van der Waals surface area (Å²) in [7, 11) is 1.47. The molecule has 0 radical (unpaired) electrons. The summed E-state index contributed by atoms with van der Waals surface area (Å²) in [5.74, 6) is -0.991. The van der Waals surface area contributed by atoms with E-state index in [9.17, 15) is 4.79 Å². The minimum absolute atomic E-state index is 0.175. The Balaban J connectivity index is 4.56. The van der Waals surface area contributed by atoms with Gasteiger partial charge in [-0.1, -0.05) is 12.7 Å². The second-order valence-corrected chi connectivity index (χ2v) is 2.26. The molecule has 0 fully saturated rings. The van der Waals surface area contributed by atoms with Gasteiger partial charge in [-0.15, -0.1) is 0 Å². The lowest BCUT2D eigenvalue weighted by Crippen LogP contribution is -2.02. The van der Waals surface area contributed by atoms with Crippen molar-refractivity contribution in [2.45, 2.75) is 6.92 Å². The van der Waals surface area contributed by atoms with E-state index < -0.39 is 5.97 Å². The SMILES string of the molecule is C=C/C(C(=O)O)=C(C)\C=C\NOC. The van der Waals surface area contributed by atoms with Crippen molar-refractivity contribution >= 4 is 5.97 Å². The Morgan fingerprint density at radius 1 is 1.62 bits per heavy atom. The third-order valence-corrected chi connectivity index (χ3v) is 1.38. The predicted molar refractivity (Wildman–Crippen MR) is 49.8 cm³/mol. The Hall–Kier alpha value is -1.55. The molecule has 0 heterocycles. The van der Waals surface area contributed by atoms with Crippen LogP contribution in [-0.4, -0.2) is 18.2 Å². The molecule has 0 saturated carbocycles. The molecule has 0 amide bonds. The van der Waals surface area contributed by atoms with Crippen LogP contribution in [0.2, 0.25) is 0 Å². The molecular weight excluding hydrogens is 170 g/mol. The molecule has 72 valence electrons. The number of carbonyl (C=O) groups is 1. The molecule has 0 aliphatic carbocycles. The van der Waals surface area contributed by atoms with Crippen LogP contribution in [0.4, 0.5) is 0 Å². The minimum Gasteiger partial charge on any atom is -0.478 e. The number of aliphatic carboxylic acids is 1. The lowest BCUT2D eigenvalue weighted by molar-refractivity contribution is -0.132. The largest absolute Gasteiger partial charge is 0.478 e. The molecule has 0 rings (SSSR count). The molecule has 0 aromatic heterocycles. The van der Waals surface area contributed by atoms with Crippen molar-refractivity contribution in [1.82, 2.24) is 5.48 Å². The first-order valence-corrected chi connectivity index (χ1v) is 3.65. The maximum atomic E-state index is 10.6. The Morgan fingerprint density at radius 2 is 2.23 bits per heavy atom. The third-order valence-electron chi connectivity index (χ3n) is 1.38. The van der Waals surface area contributed by atoms with Crippen molar-refractivity contribution in [3.05, 3.63) is 36.1 Å². The van der Waals surface area contributed by atoms with Crippen LogP contribution < -0.4 is 5.48 Å². The fourth-order valence-corrected chi connectivity index (χ4v) is 0.734. The van der Waals surface area contributed by atoms with E-state index in [2.05, 4.69) is 16.9 Å². The van der Waals surface area contributed by atoms with Gasteiger partial charge in [-0.3, -0.25) is 10.3 Å². The summed E-state index contributed by atoms with van der Waals surface area (Å²) in [5, 5.41) is 8.69. The fourth-order valence-electron chi connectivity index (χ4n) is 0.734. The van der Waals surface area contributed by atoms with Gasteiger partial charge in [0.15, 0.2) is 0 Å². The zero-order valence-electron chi connectivity index (χ0n) is 7.70. The van der Waals surface area contributed by atoms with Gasteiger partial charge in [-0.05, 0) is 18.6 Å². The van der Waals surface area contributed by atoms with Crippen LogP contribution in [0.3, 0.4) is 0 Å². The van der Waals surface area contributed by atoms with E-state index in [0.29, 0.717) is 5.57 Å². The highest BCUT2D eigenvalue weighted by atomic mass is 16.6. The summed E-state index contributed by atoms with van der Waals surface area (Å²) < 4.78 is 0. The smallest absolute Gasteiger partial charge is 0.335 e. The zero-order chi connectivity index (χ0) is 10.3. The molecule has 0 bridgehead atoms. The maximum Gasteiger partial charge on any atom is 0.335 e. The summed E-state index contributed by atoms with van der Waals surface area (Å²) >= 11 is 0. The monoisotopic (exact) mass is 183 g/mol. The maximum absolute atomic E-state index is 10.6. The van der Waals surface area contributed by atoms with Gasteiger partial charge >= 0.3 is 5.97 Å². The second-order valence-electron chi connectivity index (χ2n) is 2.26. The predicted octanol–water partition coefficient (Wildman–Crippen LogP) is 1.24. The summed E-state index contributed by atoms with van der Waals surface area (Å²) in [5.41, 5.74) is 3.23. The number of hydrogen-bond donors (Lipinski definition) is 2. The number of hydroxylamine groups is 1. The normalized spacial score (nSPS) is 12.5. The first-order chi connectivity index (χ1) is 6.13. The van der Waals surface area contributed by atoms with Crippen molar-refractivity contribution in [1.29, 1.82) is 0 Å². The molecule has 0 aliphatic heterocycles. The molecule has 4 nitrogen and oxygen atoms in total. The van der Waals surface area contributed by atoms with Crippen LogP contribution >= 0.6 is 0 Å². The van der Waals surface area contributed by atoms with E-state index in [0.717, 1.165) is 0 Å². The molecule has 13 heavy (non-hydrogen) atoms. The van der Waals surface area contributed by atoms with E-state index in [1.54, 1.807) is 13.0 Å². The van der Waals surface area contributed by atoms with Gasteiger partial charge in [-0.2, -0.15) is 0 Å². The van der Waals surface area contributed by atoms with Gasteiger partial charge in [0, 0.05) is 6.20 Å². The van der Waals surface area contributed by atoms with Gasteiger partial charge < -0.3 is 5.11 Å². The summed E-state index contributed by atoms with van der Waals surface area (Å²) in [4.78, 5) is 15.1. The van der Waals surface area contributed by atoms with Crippen molar-refractivity contribution in [2.24, 2.45) is 0 Å². The second kappa shape index (κ2) is 6.02. The summed E-state index contributed by atoms with van der Waals surface area (Å²) in [6.45, 7) is 5.09. The first kappa shape index (κ1) is 11.4. The number of carboxylic acid groups (broad SMARTS) is 1. The molecule has 0 spiro atoms. The van der Waals surface area contributed by atoms with Crippen molar-refractivity contribution in [2.75, 3.05) is 7.11 Å². The lowest BCUT2D eigenvalue weighted by Gasteiger charge is -1.98. The van der Waals surface area contributed by atoms with Crippen molar-refractivity contribution in [3.8, 4) is 0 Å². The number of allylic oxidation sites excluding steroid dienone is 2. The van der Waals surface area contributed by atoms with Gasteiger partial charge in [0.05, 0.1) is 12.7 Å². The fraction of sp³-hybridized carbons (Fsp3) is 0.222. The Morgan fingerprint density at radius 3 is 2.62 bits per heavy atom. The lowest BCUT2D eigenvalue weighted by atomic mass is 10.1. The Bertz CT molecular complexity index is 254. The van der Waals surface area contributed by atoms with Crippen LogP contribution in [0.5, 0.6) is 0 Å². The first-order valence-electron chi connectivity index (χ1n) is 3.65. The van der Waals surface area contributed by atoms with Crippen LogP contribution in [0.15, 0.2) is 36.1 Å². The highest BCUT2D eigenvalue weighted by molar-refractivity contribution is 5.91. The number of hydrogen-bond acceptors (Lipinski definition) is 3. The highest BCUT2D eigenvalue weighted by Crippen LogP contribution is 2.06. The van der Waals surface area contributed by atoms with Crippen molar-refractivity contribution < 1.29 is 14.7 Å². The van der Waals surface area contributed by atoms with Gasteiger partial charge in [-0.25, -0.2) is 4.79 Å². The van der Waals surface area contributed by atoms with Gasteiger partial charge in [0.2, 0.25) is 0 Å². The molecule has 0 aromatic carbocycles. The molecule has 0 unspecified atom stereocenters. The molecule has 0 aliphatic rings. The van der Waals surface area contributed by atoms with E-state index >= 15 is 0 Å². The number of rotatable bonds is 5. The Labute approximate surface area is 77.2 Å². The van der Waals surface area contributed by atoms with E-state index in [1.807, 2.05) is 0 Å². The third kappa shape index (κ3) is 4.12. The number of carboxylic acids is 1. The molecule has 4 heteroatoms. The molecule has 0 saturated heterocycles. The van der Waals surface area contributed by atoms with E-state index in [-0.39, 0.29) is 5.57 Å². The Kier molecular flexibility index (Phi) is 5.30. The quantitative estimate of drug-likeness (QED) is 0.382. The highest BCUT2D eigenvalue weighted by Gasteiger charge is 2.04. The van der Waals surface area contributed by atoms with Gasteiger partial charge in [0.25, 0.3) is 0 Å².